The van der Waals surface area contributed by atoms with Gasteiger partial charge < -0.3 is 9.05 Å². The highest BCUT2D eigenvalue weighted by Crippen LogP contribution is 2.53. The summed E-state index contributed by atoms with van der Waals surface area (Å²) in [6.45, 7) is 5.21. The molecule has 0 amide bonds. The van der Waals surface area contributed by atoms with E-state index in [0.717, 1.165) is 5.56 Å². The summed E-state index contributed by atoms with van der Waals surface area (Å²) < 4.78 is 50.2. The normalized spacial score (nSPS) is 13.5. The molecule has 0 radical (unpaired) electrons. The van der Waals surface area contributed by atoms with Gasteiger partial charge in [-0.05, 0) is 32.9 Å². The van der Waals surface area contributed by atoms with E-state index >= 15 is 0 Å². The van der Waals surface area contributed by atoms with Gasteiger partial charge in [0.25, 0.3) is 0 Å². The van der Waals surface area contributed by atoms with E-state index in [9.17, 15) is 13.0 Å². The van der Waals surface area contributed by atoms with Crippen molar-refractivity contribution in [3.8, 4) is 6.07 Å². The molecule has 1 atom stereocenters. The predicted octanol–water partition coefficient (Wildman–Crippen LogP) is 2.78. The van der Waals surface area contributed by atoms with Crippen LogP contribution in [0.15, 0.2) is 29.2 Å². The number of nitrogens with zero attached hydrogens (tertiary/aromatic N) is 1. The van der Waals surface area contributed by atoms with Crippen LogP contribution in [-0.4, -0.2) is 27.4 Å². The van der Waals surface area contributed by atoms with Gasteiger partial charge in [0.05, 0.1) is 30.6 Å². The SMILES string of the molecule is CCOP(=O)(OCC)C(CC#N)NS(=O)(=O)c1ccc(C)cc1. The first-order valence-electron chi connectivity index (χ1n) is 7.13. The number of sulfonamides is 1. The number of hydrogen-bond acceptors (Lipinski definition) is 6. The summed E-state index contributed by atoms with van der Waals surface area (Å²) >= 11 is 0. The summed E-state index contributed by atoms with van der Waals surface area (Å²) in [7, 11) is -7.74. The van der Waals surface area contributed by atoms with Crippen LogP contribution in [-0.2, 0) is 23.6 Å². The molecule has 128 valence electrons. The lowest BCUT2D eigenvalue weighted by Crippen LogP contribution is -2.35. The summed E-state index contributed by atoms with van der Waals surface area (Å²) in [6.07, 6.45) is -0.331. The van der Waals surface area contributed by atoms with E-state index in [1.54, 1.807) is 26.0 Å². The molecule has 7 nitrogen and oxygen atoms in total. The van der Waals surface area contributed by atoms with E-state index < -0.39 is 23.4 Å². The number of nitriles is 1. The number of aryl methyl sites for hydroxylation is 1. The van der Waals surface area contributed by atoms with Crippen molar-refractivity contribution in [3.05, 3.63) is 29.8 Å². The Morgan fingerprint density at radius 1 is 1.22 bits per heavy atom. The molecule has 0 aliphatic rings. The Kier molecular flexibility index (Phi) is 7.39. The van der Waals surface area contributed by atoms with Crippen molar-refractivity contribution >= 4 is 17.6 Å². The molecular weight excluding hydrogens is 339 g/mol. The summed E-state index contributed by atoms with van der Waals surface area (Å²) in [5.74, 6) is -1.27. The molecule has 1 N–H and O–H groups in total. The first kappa shape index (κ1) is 19.8. The molecule has 23 heavy (non-hydrogen) atoms. The topological polar surface area (TPSA) is 105 Å². The number of nitrogens with one attached hydrogen (secondary N) is 1. The highest BCUT2D eigenvalue weighted by atomic mass is 32.2. The fourth-order valence-electron chi connectivity index (χ4n) is 1.85. The third-order valence-corrected chi connectivity index (χ3v) is 6.88. The van der Waals surface area contributed by atoms with Crippen LogP contribution in [0.2, 0.25) is 0 Å². The molecule has 0 aliphatic heterocycles. The highest BCUT2D eigenvalue weighted by Gasteiger charge is 2.38. The Bertz CT molecular complexity index is 687. The fraction of sp³-hybridized carbons (Fsp3) is 0.500. The van der Waals surface area contributed by atoms with Crippen LogP contribution in [0.5, 0.6) is 0 Å². The molecule has 1 aromatic rings. The molecule has 0 heterocycles. The Morgan fingerprint density at radius 3 is 2.17 bits per heavy atom. The van der Waals surface area contributed by atoms with Gasteiger partial charge in [0.2, 0.25) is 10.0 Å². The summed E-state index contributed by atoms with van der Waals surface area (Å²) in [6, 6.07) is 7.99. The maximum atomic E-state index is 12.7. The minimum absolute atomic E-state index is 0.0191. The molecule has 0 bridgehead atoms. The van der Waals surface area contributed by atoms with Crippen molar-refractivity contribution in [2.75, 3.05) is 13.2 Å². The summed E-state index contributed by atoms with van der Waals surface area (Å²) in [4.78, 5) is 0.0191. The second-order valence-electron chi connectivity index (χ2n) is 4.69. The van der Waals surface area contributed by atoms with Crippen molar-refractivity contribution in [2.24, 2.45) is 0 Å². The molecule has 0 aromatic heterocycles. The van der Waals surface area contributed by atoms with E-state index in [0.29, 0.717) is 0 Å². The highest BCUT2D eigenvalue weighted by molar-refractivity contribution is 7.89. The van der Waals surface area contributed by atoms with Crippen LogP contribution < -0.4 is 4.72 Å². The van der Waals surface area contributed by atoms with Crippen LogP contribution in [0, 0.1) is 18.3 Å². The van der Waals surface area contributed by atoms with E-state index in [-0.39, 0.29) is 24.5 Å². The van der Waals surface area contributed by atoms with Crippen molar-refractivity contribution in [2.45, 2.75) is 37.9 Å². The lowest BCUT2D eigenvalue weighted by atomic mass is 10.2. The summed E-state index contributed by atoms with van der Waals surface area (Å²) in [5.41, 5.74) is 0.909. The molecule has 0 fully saturated rings. The predicted molar refractivity (Wildman–Crippen MR) is 86.4 cm³/mol. The van der Waals surface area contributed by atoms with Crippen LogP contribution in [0.4, 0.5) is 0 Å². The molecule has 0 aliphatic carbocycles. The van der Waals surface area contributed by atoms with Crippen LogP contribution >= 0.6 is 7.60 Å². The van der Waals surface area contributed by atoms with E-state index in [1.165, 1.54) is 12.1 Å². The minimum atomic E-state index is -3.95. The van der Waals surface area contributed by atoms with Gasteiger partial charge in [-0.3, -0.25) is 4.57 Å². The lowest BCUT2D eigenvalue weighted by molar-refractivity contribution is 0.210. The average molecular weight is 360 g/mol. The fourth-order valence-corrected chi connectivity index (χ4v) is 5.31. The molecular formula is C14H21N2O5PS. The van der Waals surface area contributed by atoms with Crippen LogP contribution in [0.3, 0.4) is 0 Å². The van der Waals surface area contributed by atoms with Gasteiger partial charge in [-0.1, -0.05) is 17.7 Å². The maximum absolute atomic E-state index is 12.7. The largest absolute Gasteiger partial charge is 0.349 e. The first-order chi connectivity index (χ1) is 10.8. The minimum Gasteiger partial charge on any atom is -0.308 e. The third-order valence-electron chi connectivity index (χ3n) is 2.91. The quantitative estimate of drug-likeness (QED) is 0.679. The number of hydrogen-bond donors (Lipinski definition) is 1. The van der Waals surface area contributed by atoms with Gasteiger partial charge in [-0.15, -0.1) is 0 Å². The van der Waals surface area contributed by atoms with Gasteiger partial charge in [0, 0.05) is 0 Å². The lowest BCUT2D eigenvalue weighted by Gasteiger charge is -2.25. The second kappa shape index (κ2) is 8.57. The van der Waals surface area contributed by atoms with Crippen molar-refractivity contribution in [1.29, 1.82) is 5.26 Å². The summed E-state index contributed by atoms with van der Waals surface area (Å²) in [5, 5.41) is 8.92. The number of rotatable bonds is 9. The third kappa shape index (κ3) is 5.41. The van der Waals surface area contributed by atoms with Gasteiger partial charge >= 0.3 is 7.60 Å². The zero-order valence-electron chi connectivity index (χ0n) is 13.4. The van der Waals surface area contributed by atoms with E-state index in [2.05, 4.69) is 4.72 Å². The van der Waals surface area contributed by atoms with Gasteiger partial charge in [-0.2, -0.15) is 9.98 Å². The van der Waals surface area contributed by atoms with Crippen LogP contribution in [0.1, 0.15) is 25.8 Å². The van der Waals surface area contributed by atoms with Gasteiger partial charge in [0.1, 0.15) is 5.78 Å². The van der Waals surface area contributed by atoms with Gasteiger partial charge in [0.15, 0.2) is 0 Å². The smallest absolute Gasteiger partial charge is 0.308 e. The Labute approximate surface area is 137 Å². The molecule has 0 spiro atoms. The van der Waals surface area contributed by atoms with Crippen LogP contribution in [0.25, 0.3) is 0 Å². The average Bonchev–Trinajstić information content (AvgIpc) is 2.47. The Balaban J connectivity index is 3.13. The molecule has 1 aromatic carbocycles. The van der Waals surface area contributed by atoms with E-state index in [4.69, 9.17) is 14.3 Å². The molecule has 1 unspecified atom stereocenters. The molecule has 9 heteroatoms. The molecule has 0 saturated carbocycles. The Morgan fingerprint density at radius 2 is 1.74 bits per heavy atom. The molecule has 1 rings (SSSR count). The van der Waals surface area contributed by atoms with E-state index in [1.807, 2.05) is 13.0 Å². The second-order valence-corrected chi connectivity index (χ2v) is 8.62. The van der Waals surface area contributed by atoms with Crippen molar-refractivity contribution in [3.63, 3.8) is 0 Å². The molecule has 0 saturated heterocycles. The zero-order chi connectivity index (χ0) is 17.5. The van der Waals surface area contributed by atoms with Crippen molar-refractivity contribution < 1.29 is 22.0 Å². The Hall–Kier alpha value is -1.23. The standard InChI is InChI=1S/C14H21N2O5PS/c1-4-20-22(17,21-5-2)14(10-11-15)16-23(18,19)13-8-6-12(3)7-9-13/h6-9,14,16H,4-5,10H2,1-3H3. The number of benzene rings is 1. The van der Waals surface area contributed by atoms with Crippen molar-refractivity contribution in [1.82, 2.24) is 4.72 Å². The monoisotopic (exact) mass is 360 g/mol. The first-order valence-corrected chi connectivity index (χ1v) is 10.2. The maximum Gasteiger partial charge on any atom is 0.349 e. The van der Waals surface area contributed by atoms with Gasteiger partial charge in [-0.25, -0.2) is 8.42 Å². The zero-order valence-corrected chi connectivity index (χ0v) is 15.1.